The molecule has 1 aromatic carbocycles. The first kappa shape index (κ1) is 14.0. The third-order valence-corrected chi connectivity index (χ3v) is 2.38. The Labute approximate surface area is 107 Å². The molecule has 17 heavy (non-hydrogen) atoms. The summed E-state index contributed by atoms with van der Waals surface area (Å²) in [6, 6.07) is 7.12. The van der Waals surface area contributed by atoms with Gasteiger partial charge in [-0.3, -0.25) is 0 Å². The molecule has 94 valence electrons. The fourth-order valence-corrected chi connectivity index (χ4v) is 1.46. The quantitative estimate of drug-likeness (QED) is 0.553. The normalized spacial score (nSPS) is 12.1. The standard InChI is InChI=1S/C13H18ClNO2/c1-2-3-7-15-9-12(16)10-17-13-6-4-5-11(14)8-13/h2,4-6,8,12,15-16H,1,3,7,9-10H2. The lowest BCUT2D eigenvalue weighted by Crippen LogP contribution is -2.31. The van der Waals surface area contributed by atoms with Gasteiger partial charge in [0, 0.05) is 11.6 Å². The van der Waals surface area contributed by atoms with E-state index in [0.717, 1.165) is 13.0 Å². The van der Waals surface area contributed by atoms with Crippen LogP contribution in [0.15, 0.2) is 36.9 Å². The van der Waals surface area contributed by atoms with Crippen molar-refractivity contribution in [3.63, 3.8) is 0 Å². The number of aliphatic hydroxyl groups excluding tert-OH is 1. The van der Waals surface area contributed by atoms with Gasteiger partial charge in [0.1, 0.15) is 18.5 Å². The van der Waals surface area contributed by atoms with Crippen molar-refractivity contribution in [2.24, 2.45) is 0 Å². The van der Waals surface area contributed by atoms with Gasteiger partial charge in [0.2, 0.25) is 0 Å². The fourth-order valence-electron chi connectivity index (χ4n) is 1.28. The number of hydrogen-bond donors (Lipinski definition) is 2. The molecule has 0 aliphatic carbocycles. The molecule has 4 heteroatoms. The SMILES string of the molecule is C=CCCNCC(O)COc1cccc(Cl)c1. The Morgan fingerprint density at radius 1 is 1.53 bits per heavy atom. The number of halogens is 1. The van der Waals surface area contributed by atoms with Gasteiger partial charge in [0.25, 0.3) is 0 Å². The van der Waals surface area contributed by atoms with Crippen molar-refractivity contribution < 1.29 is 9.84 Å². The first-order valence-corrected chi connectivity index (χ1v) is 5.98. The van der Waals surface area contributed by atoms with Crippen LogP contribution in [0.5, 0.6) is 5.75 Å². The van der Waals surface area contributed by atoms with Crippen LogP contribution in [0.25, 0.3) is 0 Å². The first-order chi connectivity index (χ1) is 8.22. The molecule has 0 saturated heterocycles. The number of aliphatic hydroxyl groups is 1. The second-order valence-electron chi connectivity index (χ2n) is 3.70. The molecule has 0 aromatic heterocycles. The fraction of sp³-hybridized carbons (Fsp3) is 0.385. The lowest BCUT2D eigenvalue weighted by molar-refractivity contribution is 0.107. The molecule has 1 atom stereocenters. The van der Waals surface area contributed by atoms with Crippen LogP contribution in [0.4, 0.5) is 0 Å². The maximum Gasteiger partial charge on any atom is 0.120 e. The van der Waals surface area contributed by atoms with E-state index in [0.29, 0.717) is 17.3 Å². The molecule has 0 heterocycles. The minimum atomic E-state index is -0.529. The van der Waals surface area contributed by atoms with Gasteiger partial charge in [0.05, 0.1) is 0 Å². The van der Waals surface area contributed by atoms with Gasteiger partial charge in [0.15, 0.2) is 0 Å². The van der Waals surface area contributed by atoms with Crippen LogP contribution in [0.1, 0.15) is 6.42 Å². The minimum absolute atomic E-state index is 0.251. The molecule has 3 nitrogen and oxygen atoms in total. The number of benzene rings is 1. The highest BCUT2D eigenvalue weighted by atomic mass is 35.5. The average Bonchev–Trinajstić information content (AvgIpc) is 2.32. The van der Waals surface area contributed by atoms with E-state index in [9.17, 15) is 5.11 Å². The molecule has 2 N–H and O–H groups in total. The zero-order chi connectivity index (χ0) is 12.5. The van der Waals surface area contributed by atoms with E-state index in [4.69, 9.17) is 16.3 Å². The monoisotopic (exact) mass is 255 g/mol. The summed E-state index contributed by atoms with van der Waals surface area (Å²) < 4.78 is 5.41. The number of nitrogens with one attached hydrogen (secondary N) is 1. The smallest absolute Gasteiger partial charge is 0.120 e. The van der Waals surface area contributed by atoms with Gasteiger partial charge >= 0.3 is 0 Å². The highest BCUT2D eigenvalue weighted by Gasteiger charge is 2.04. The van der Waals surface area contributed by atoms with E-state index in [-0.39, 0.29) is 6.61 Å². The van der Waals surface area contributed by atoms with Crippen molar-refractivity contribution in [2.45, 2.75) is 12.5 Å². The van der Waals surface area contributed by atoms with Gasteiger partial charge in [-0.25, -0.2) is 0 Å². The lowest BCUT2D eigenvalue weighted by atomic mass is 10.3. The van der Waals surface area contributed by atoms with Gasteiger partial charge in [-0.05, 0) is 31.2 Å². The highest BCUT2D eigenvalue weighted by molar-refractivity contribution is 6.30. The van der Waals surface area contributed by atoms with Crippen LogP contribution < -0.4 is 10.1 Å². The van der Waals surface area contributed by atoms with Crippen LogP contribution in [0.3, 0.4) is 0 Å². The summed E-state index contributed by atoms with van der Waals surface area (Å²) in [6.45, 7) is 5.20. The molecular weight excluding hydrogens is 238 g/mol. The number of rotatable bonds is 8. The second kappa shape index (κ2) is 8.12. The molecule has 1 aromatic rings. The van der Waals surface area contributed by atoms with Gasteiger partial charge in [-0.15, -0.1) is 6.58 Å². The van der Waals surface area contributed by atoms with E-state index in [1.54, 1.807) is 12.1 Å². The van der Waals surface area contributed by atoms with E-state index >= 15 is 0 Å². The number of hydrogen-bond acceptors (Lipinski definition) is 3. The summed E-state index contributed by atoms with van der Waals surface area (Å²) in [5.41, 5.74) is 0. The maximum absolute atomic E-state index is 9.63. The third-order valence-electron chi connectivity index (χ3n) is 2.14. The van der Waals surface area contributed by atoms with Crippen LogP contribution in [0, 0.1) is 0 Å². The van der Waals surface area contributed by atoms with E-state index in [1.807, 2.05) is 18.2 Å². The van der Waals surface area contributed by atoms with Gasteiger partial charge in [-0.1, -0.05) is 23.7 Å². The van der Waals surface area contributed by atoms with Crippen LogP contribution >= 0.6 is 11.6 Å². The largest absolute Gasteiger partial charge is 0.491 e. The van der Waals surface area contributed by atoms with Gasteiger partial charge < -0.3 is 15.2 Å². The van der Waals surface area contributed by atoms with Gasteiger partial charge in [-0.2, -0.15) is 0 Å². The Kier molecular flexibility index (Phi) is 6.70. The summed E-state index contributed by atoms with van der Waals surface area (Å²) in [7, 11) is 0. The Morgan fingerprint density at radius 2 is 2.35 bits per heavy atom. The molecule has 0 aliphatic heterocycles. The molecule has 0 spiro atoms. The molecule has 0 bridgehead atoms. The summed E-state index contributed by atoms with van der Waals surface area (Å²) in [6.07, 6.45) is 2.20. The van der Waals surface area contributed by atoms with E-state index in [1.165, 1.54) is 0 Å². The highest BCUT2D eigenvalue weighted by Crippen LogP contribution is 2.17. The molecule has 0 aliphatic rings. The van der Waals surface area contributed by atoms with E-state index < -0.39 is 6.10 Å². The summed E-state index contributed by atoms with van der Waals surface area (Å²) in [5.74, 6) is 0.669. The topological polar surface area (TPSA) is 41.5 Å². The summed E-state index contributed by atoms with van der Waals surface area (Å²) in [4.78, 5) is 0. The van der Waals surface area contributed by atoms with Crippen molar-refractivity contribution in [1.82, 2.24) is 5.32 Å². The maximum atomic E-state index is 9.63. The first-order valence-electron chi connectivity index (χ1n) is 5.60. The predicted molar refractivity (Wildman–Crippen MR) is 70.6 cm³/mol. The Bertz CT molecular complexity index is 344. The summed E-state index contributed by atoms with van der Waals surface area (Å²) >= 11 is 5.81. The lowest BCUT2D eigenvalue weighted by Gasteiger charge is -2.13. The van der Waals surface area contributed by atoms with E-state index in [2.05, 4.69) is 11.9 Å². The van der Waals surface area contributed by atoms with Crippen LogP contribution in [-0.2, 0) is 0 Å². The van der Waals surface area contributed by atoms with Crippen molar-refractivity contribution in [2.75, 3.05) is 19.7 Å². The Morgan fingerprint density at radius 3 is 3.06 bits per heavy atom. The minimum Gasteiger partial charge on any atom is -0.491 e. The average molecular weight is 256 g/mol. The molecule has 0 amide bonds. The number of ether oxygens (including phenoxy) is 1. The molecule has 0 saturated carbocycles. The Balaban J connectivity index is 2.19. The summed E-state index contributed by atoms with van der Waals surface area (Å²) in [5, 5.41) is 13.4. The van der Waals surface area contributed by atoms with Crippen molar-refractivity contribution >= 4 is 11.6 Å². The van der Waals surface area contributed by atoms with Crippen molar-refractivity contribution in [3.05, 3.63) is 41.9 Å². The molecular formula is C13H18ClNO2. The molecule has 0 radical (unpaired) electrons. The van der Waals surface area contributed by atoms with Crippen LogP contribution in [-0.4, -0.2) is 30.9 Å². The molecule has 1 unspecified atom stereocenters. The third kappa shape index (κ3) is 6.31. The van der Waals surface area contributed by atoms with Crippen LogP contribution in [0.2, 0.25) is 5.02 Å². The Hall–Kier alpha value is -1.03. The zero-order valence-electron chi connectivity index (χ0n) is 9.73. The van der Waals surface area contributed by atoms with Crippen molar-refractivity contribution in [1.29, 1.82) is 0 Å². The van der Waals surface area contributed by atoms with Crippen molar-refractivity contribution in [3.8, 4) is 5.75 Å². The molecule has 1 rings (SSSR count). The zero-order valence-corrected chi connectivity index (χ0v) is 10.5. The second-order valence-corrected chi connectivity index (χ2v) is 4.14. The molecule has 0 fully saturated rings. The predicted octanol–water partition coefficient (Wildman–Crippen LogP) is 2.25.